The second-order valence-corrected chi connectivity index (χ2v) is 6.06. The summed E-state index contributed by atoms with van der Waals surface area (Å²) in [5.41, 5.74) is 3.14. The van der Waals surface area contributed by atoms with Crippen LogP contribution in [-0.2, 0) is 16.8 Å². The van der Waals surface area contributed by atoms with Gasteiger partial charge in [0.05, 0.1) is 5.41 Å². The third-order valence-electron chi connectivity index (χ3n) is 3.83. The largest absolute Gasteiger partial charge is 0.302 e. The minimum Gasteiger partial charge on any atom is -0.302 e. The summed E-state index contributed by atoms with van der Waals surface area (Å²) in [6.45, 7) is 5.65. The van der Waals surface area contributed by atoms with Crippen LogP contribution in [0.25, 0.3) is 0 Å². The zero-order valence-electron chi connectivity index (χ0n) is 13.0. The van der Waals surface area contributed by atoms with Gasteiger partial charge in [0.2, 0.25) is 0 Å². The van der Waals surface area contributed by atoms with Gasteiger partial charge in [0.25, 0.3) is 0 Å². The molecule has 0 bridgehead atoms. The predicted molar refractivity (Wildman–Crippen MR) is 87.4 cm³/mol. The lowest BCUT2D eigenvalue weighted by molar-refractivity contribution is -0.112. The number of nitrogens with zero attached hydrogens (tertiary/aromatic N) is 1. The van der Waals surface area contributed by atoms with E-state index in [0.717, 1.165) is 18.4 Å². The first-order valence-corrected chi connectivity index (χ1v) is 7.29. The van der Waals surface area contributed by atoms with Crippen LogP contribution in [0.15, 0.2) is 54.6 Å². The number of likely N-dealkylation sites (N-methyl/N-ethyl adjacent to an activating group) is 1. The Morgan fingerprint density at radius 1 is 1.10 bits per heavy atom. The first-order chi connectivity index (χ1) is 10.0. The van der Waals surface area contributed by atoms with Crippen LogP contribution < -0.4 is 0 Å². The van der Waals surface area contributed by atoms with Crippen LogP contribution in [0.1, 0.15) is 23.6 Å². The predicted octanol–water partition coefficient (Wildman–Crippen LogP) is 3.58. The third kappa shape index (κ3) is 4.02. The van der Waals surface area contributed by atoms with Crippen molar-refractivity contribution in [2.45, 2.75) is 25.8 Å². The van der Waals surface area contributed by atoms with Crippen LogP contribution >= 0.6 is 0 Å². The smallest absolute Gasteiger partial charge is 0.131 e. The summed E-state index contributed by atoms with van der Waals surface area (Å²) < 4.78 is 0. The lowest BCUT2D eigenvalue weighted by Gasteiger charge is -2.29. The Labute approximate surface area is 127 Å². The Hall–Kier alpha value is -1.93. The van der Waals surface area contributed by atoms with Gasteiger partial charge in [-0.25, -0.2) is 0 Å². The Morgan fingerprint density at radius 3 is 2.43 bits per heavy atom. The molecule has 0 N–H and O–H groups in total. The number of carbonyl (C=O) groups is 1. The Kier molecular flexibility index (Phi) is 4.92. The maximum absolute atomic E-state index is 11.6. The van der Waals surface area contributed by atoms with Gasteiger partial charge in [-0.3, -0.25) is 0 Å². The van der Waals surface area contributed by atoms with Crippen molar-refractivity contribution in [3.63, 3.8) is 0 Å². The molecule has 0 radical (unpaired) electrons. The monoisotopic (exact) mass is 281 g/mol. The molecular weight excluding hydrogens is 258 g/mol. The molecule has 1 unspecified atom stereocenters. The molecule has 0 aliphatic carbocycles. The number of hydrogen-bond acceptors (Lipinski definition) is 2. The summed E-state index contributed by atoms with van der Waals surface area (Å²) in [5, 5.41) is 0. The lowest BCUT2D eigenvalue weighted by Crippen LogP contribution is -2.37. The minimum absolute atomic E-state index is 0.472. The van der Waals surface area contributed by atoms with Gasteiger partial charge in [0, 0.05) is 13.1 Å². The van der Waals surface area contributed by atoms with Crippen molar-refractivity contribution in [2.24, 2.45) is 0 Å². The summed E-state index contributed by atoms with van der Waals surface area (Å²) >= 11 is 0. The zero-order chi connectivity index (χ0) is 15.3. The van der Waals surface area contributed by atoms with Gasteiger partial charge < -0.3 is 9.69 Å². The van der Waals surface area contributed by atoms with E-state index in [0.29, 0.717) is 6.54 Å². The Bertz CT molecular complexity index is 594. The van der Waals surface area contributed by atoms with Crippen molar-refractivity contribution in [3.8, 4) is 0 Å². The number of rotatable bonds is 6. The first-order valence-electron chi connectivity index (χ1n) is 7.29. The highest BCUT2D eigenvalue weighted by molar-refractivity contribution is 5.68. The minimum atomic E-state index is -0.472. The van der Waals surface area contributed by atoms with Crippen molar-refractivity contribution in [2.75, 3.05) is 13.6 Å². The van der Waals surface area contributed by atoms with Crippen LogP contribution in [-0.4, -0.2) is 24.8 Å². The fourth-order valence-corrected chi connectivity index (χ4v) is 2.75. The van der Waals surface area contributed by atoms with E-state index in [2.05, 4.69) is 43.1 Å². The highest BCUT2D eigenvalue weighted by Crippen LogP contribution is 2.23. The van der Waals surface area contributed by atoms with E-state index in [1.165, 1.54) is 11.1 Å². The van der Waals surface area contributed by atoms with Crippen LogP contribution in [0.2, 0.25) is 0 Å². The molecule has 2 nitrogen and oxygen atoms in total. The standard InChI is InChI=1S/C19H23NO/c1-16-8-7-9-17(12-16)13-20(3)14-19(2,15-21)18-10-5-4-6-11-18/h4-12,15H,13-14H2,1-3H3. The van der Waals surface area contributed by atoms with E-state index in [-0.39, 0.29) is 0 Å². The summed E-state index contributed by atoms with van der Waals surface area (Å²) in [4.78, 5) is 13.8. The fourth-order valence-electron chi connectivity index (χ4n) is 2.75. The topological polar surface area (TPSA) is 20.3 Å². The van der Waals surface area contributed by atoms with E-state index >= 15 is 0 Å². The van der Waals surface area contributed by atoms with Gasteiger partial charge in [0.15, 0.2) is 0 Å². The van der Waals surface area contributed by atoms with Crippen molar-refractivity contribution < 1.29 is 4.79 Å². The molecule has 2 rings (SSSR count). The summed E-state index contributed by atoms with van der Waals surface area (Å²) in [7, 11) is 2.06. The molecule has 0 saturated carbocycles. The quantitative estimate of drug-likeness (QED) is 0.754. The zero-order valence-corrected chi connectivity index (χ0v) is 13.0. The summed E-state index contributed by atoms with van der Waals surface area (Å²) in [6, 6.07) is 18.5. The number of carbonyl (C=O) groups excluding carboxylic acids is 1. The number of hydrogen-bond donors (Lipinski definition) is 0. The number of benzene rings is 2. The normalized spacial score (nSPS) is 13.9. The molecule has 0 saturated heterocycles. The Balaban J connectivity index is 2.09. The van der Waals surface area contributed by atoms with Crippen LogP contribution in [0.3, 0.4) is 0 Å². The summed E-state index contributed by atoms with van der Waals surface area (Å²) in [6.07, 6.45) is 1.06. The van der Waals surface area contributed by atoms with E-state index in [1.54, 1.807) is 0 Å². The van der Waals surface area contributed by atoms with Gasteiger partial charge in [0.1, 0.15) is 6.29 Å². The van der Waals surface area contributed by atoms with E-state index < -0.39 is 5.41 Å². The molecule has 1 atom stereocenters. The van der Waals surface area contributed by atoms with Crippen molar-refractivity contribution in [1.82, 2.24) is 4.90 Å². The van der Waals surface area contributed by atoms with Crippen molar-refractivity contribution in [3.05, 3.63) is 71.3 Å². The fraction of sp³-hybridized carbons (Fsp3) is 0.316. The van der Waals surface area contributed by atoms with E-state index in [4.69, 9.17) is 0 Å². The maximum Gasteiger partial charge on any atom is 0.131 e. The number of aryl methyl sites for hydroxylation is 1. The van der Waals surface area contributed by atoms with Crippen LogP contribution in [0, 0.1) is 6.92 Å². The molecular formula is C19H23NO. The molecule has 0 aliphatic rings. The molecule has 21 heavy (non-hydrogen) atoms. The Morgan fingerprint density at radius 2 is 1.81 bits per heavy atom. The van der Waals surface area contributed by atoms with Gasteiger partial charge in [-0.1, -0.05) is 60.2 Å². The molecule has 0 aromatic heterocycles. The third-order valence-corrected chi connectivity index (χ3v) is 3.83. The SMILES string of the molecule is Cc1cccc(CN(C)CC(C)(C=O)c2ccccc2)c1. The highest BCUT2D eigenvalue weighted by Gasteiger charge is 2.27. The van der Waals surface area contributed by atoms with Crippen molar-refractivity contribution >= 4 is 6.29 Å². The number of aldehydes is 1. The second-order valence-electron chi connectivity index (χ2n) is 6.06. The van der Waals surface area contributed by atoms with Crippen molar-refractivity contribution in [1.29, 1.82) is 0 Å². The van der Waals surface area contributed by atoms with Gasteiger partial charge in [-0.2, -0.15) is 0 Å². The highest BCUT2D eigenvalue weighted by atomic mass is 16.1. The van der Waals surface area contributed by atoms with Crippen LogP contribution in [0.5, 0.6) is 0 Å². The average Bonchev–Trinajstić information content (AvgIpc) is 2.48. The molecule has 0 aliphatic heterocycles. The van der Waals surface area contributed by atoms with E-state index in [1.807, 2.05) is 37.3 Å². The molecule has 2 aromatic rings. The lowest BCUT2D eigenvalue weighted by atomic mass is 9.83. The maximum atomic E-state index is 11.6. The van der Waals surface area contributed by atoms with Gasteiger partial charge in [-0.15, -0.1) is 0 Å². The molecule has 0 spiro atoms. The molecule has 0 amide bonds. The average molecular weight is 281 g/mol. The second kappa shape index (κ2) is 6.68. The van der Waals surface area contributed by atoms with Gasteiger partial charge >= 0.3 is 0 Å². The van der Waals surface area contributed by atoms with Crippen LogP contribution in [0.4, 0.5) is 0 Å². The molecule has 2 aromatic carbocycles. The summed E-state index contributed by atoms with van der Waals surface area (Å²) in [5.74, 6) is 0. The molecule has 0 fully saturated rings. The van der Waals surface area contributed by atoms with Gasteiger partial charge in [-0.05, 0) is 32.0 Å². The molecule has 2 heteroatoms. The molecule has 110 valence electrons. The van der Waals surface area contributed by atoms with E-state index in [9.17, 15) is 4.79 Å². The molecule has 0 heterocycles. The first kappa shape index (κ1) is 15.5.